The monoisotopic (exact) mass is 313 g/mol. The summed E-state index contributed by atoms with van der Waals surface area (Å²) in [5.41, 5.74) is 1.71. The van der Waals surface area contributed by atoms with E-state index in [-0.39, 0.29) is 18.9 Å². The van der Waals surface area contributed by atoms with Gasteiger partial charge in [-0.15, -0.1) is 0 Å². The quantitative estimate of drug-likeness (QED) is 0.832. The van der Waals surface area contributed by atoms with Gasteiger partial charge >= 0.3 is 5.97 Å². The molecule has 23 heavy (non-hydrogen) atoms. The summed E-state index contributed by atoms with van der Waals surface area (Å²) in [6.07, 6.45) is 0.219. The van der Waals surface area contributed by atoms with Crippen LogP contribution in [0.1, 0.15) is 22.3 Å². The molecule has 0 aromatic heterocycles. The van der Waals surface area contributed by atoms with Gasteiger partial charge in [-0.05, 0) is 36.8 Å². The van der Waals surface area contributed by atoms with E-state index in [0.717, 1.165) is 5.75 Å². The van der Waals surface area contributed by atoms with Crippen LogP contribution >= 0.6 is 0 Å². The van der Waals surface area contributed by atoms with E-state index < -0.39 is 5.97 Å². The van der Waals surface area contributed by atoms with Crippen LogP contribution in [0.25, 0.3) is 0 Å². The Hall–Kier alpha value is -2.82. The number of hydrogen-bond acceptors (Lipinski definition) is 4. The molecule has 0 aliphatic heterocycles. The number of methoxy groups -OCH3 is 1. The molecule has 0 atom stereocenters. The van der Waals surface area contributed by atoms with Gasteiger partial charge in [-0.2, -0.15) is 0 Å². The number of nitrogens with one attached hydrogen (secondary N) is 1. The Kier molecular flexibility index (Phi) is 5.74. The second-order valence-corrected chi connectivity index (χ2v) is 4.93. The Balaban J connectivity index is 1.91. The van der Waals surface area contributed by atoms with Crippen molar-refractivity contribution in [3.63, 3.8) is 0 Å². The highest BCUT2D eigenvalue weighted by Crippen LogP contribution is 2.20. The van der Waals surface area contributed by atoms with Crippen molar-refractivity contribution in [2.24, 2.45) is 0 Å². The summed E-state index contributed by atoms with van der Waals surface area (Å²) < 4.78 is 10.2. The first-order chi connectivity index (χ1) is 11.1. The van der Waals surface area contributed by atoms with Gasteiger partial charge in [0.2, 0.25) is 5.91 Å². The number of rotatable bonds is 6. The molecule has 5 nitrogen and oxygen atoms in total. The van der Waals surface area contributed by atoms with Crippen LogP contribution in [0.3, 0.4) is 0 Å². The van der Waals surface area contributed by atoms with E-state index in [1.165, 1.54) is 7.11 Å². The Labute approximate surface area is 135 Å². The number of para-hydroxylation sites is 1. The van der Waals surface area contributed by atoms with E-state index in [1.807, 2.05) is 30.3 Å². The van der Waals surface area contributed by atoms with Gasteiger partial charge in [0, 0.05) is 5.69 Å². The molecule has 0 radical (unpaired) electrons. The average molecular weight is 313 g/mol. The van der Waals surface area contributed by atoms with Crippen molar-refractivity contribution >= 4 is 17.6 Å². The van der Waals surface area contributed by atoms with E-state index in [0.29, 0.717) is 16.8 Å². The van der Waals surface area contributed by atoms with Crippen LogP contribution < -0.4 is 10.1 Å². The van der Waals surface area contributed by atoms with Crippen molar-refractivity contribution in [3.05, 3.63) is 59.7 Å². The second-order valence-electron chi connectivity index (χ2n) is 4.93. The van der Waals surface area contributed by atoms with Crippen molar-refractivity contribution < 1.29 is 19.1 Å². The largest absolute Gasteiger partial charge is 0.493 e. The van der Waals surface area contributed by atoms with Crippen molar-refractivity contribution in [1.82, 2.24) is 0 Å². The summed E-state index contributed by atoms with van der Waals surface area (Å²) in [6.45, 7) is 2.05. The highest BCUT2D eigenvalue weighted by atomic mass is 16.5. The normalized spacial score (nSPS) is 10.0. The van der Waals surface area contributed by atoms with Gasteiger partial charge in [-0.3, -0.25) is 4.79 Å². The molecule has 2 aromatic rings. The standard InChI is InChI=1S/C18H19NO4/c1-13-15(18(21)22-2)9-6-10-16(13)19-17(20)11-12-23-14-7-4-3-5-8-14/h3-10H,11-12H2,1-2H3,(H,19,20). The molecule has 2 aromatic carbocycles. The first kappa shape index (κ1) is 16.5. The molecular weight excluding hydrogens is 294 g/mol. The van der Waals surface area contributed by atoms with Gasteiger partial charge in [-0.25, -0.2) is 4.79 Å². The molecule has 1 amide bonds. The number of benzene rings is 2. The number of ether oxygens (including phenoxy) is 2. The third-order valence-corrected chi connectivity index (χ3v) is 3.35. The predicted molar refractivity (Wildman–Crippen MR) is 87.7 cm³/mol. The van der Waals surface area contributed by atoms with Crippen molar-refractivity contribution in [1.29, 1.82) is 0 Å². The minimum absolute atomic E-state index is 0.175. The van der Waals surface area contributed by atoms with E-state index in [2.05, 4.69) is 5.32 Å². The van der Waals surface area contributed by atoms with Gasteiger partial charge in [0.25, 0.3) is 0 Å². The fourth-order valence-electron chi connectivity index (χ4n) is 2.09. The third kappa shape index (κ3) is 4.57. The molecule has 5 heteroatoms. The summed E-state index contributed by atoms with van der Waals surface area (Å²) in [6, 6.07) is 14.4. The fraction of sp³-hybridized carbons (Fsp3) is 0.222. The van der Waals surface area contributed by atoms with E-state index in [4.69, 9.17) is 9.47 Å². The number of carbonyl (C=O) groups is 2. The van der Waals surface area contributed by atoms with E-state index in [1.54, 1.807) is 25.1 Å². The average Bonchev–Trinajstić information content (AvgIpc) is 2.57. The molecule has 0 saturated carbocycles. The lowest BCUT2D eigenvalue weighted by Crippen LogP contribution is -2.16. The van der Waals surface area contributed by atoms with Gasteiger partial charge in [-0.1, -0.05) is 24.3 Å². The molecule has 0 saturated heterocycles. The molecule has 0 fully saturated rings. The molecule has 0 aliphatic rings. The number of carbonyl (C=O) groups excluding carboxylic acids is 2. The first-order valence-electron chi connectivity index (χ1n) is 7.27. The van der Waals surface area contributed by atoms with Crippen LogP contribution in [0.15, 0.2) is 48.5 Å². The van der Waals surface area contributed by atoms with E-state index in [9.17, 15) is 9.59 Å². The summed E-state index contributed by atoms with van der Waals surface area (Å²) >= 11 is 0. The smallest absolute Gasteiger partial charge is 0.338 e. The maximum atomic E-state index is 12.0. The van der Waals surface area contributed by atoms with Crippen LogP contribution in [0.2, 0.25) is 0 Å². The van der Waals surface area contributed by atoms with Gasteiger partial charge in [0.1, 0.15) is 5.75 Å². The molecule has 120 valence electrons. The second kappa shape index (κ2) is 7.98. The highest BCUT2D eigenvalue weighted by Gasteiger charge is 2.13. The zero-order chi connectivity index (χ0) is 16.7. The van der Waals surface area contributed by atoms with Crippen molar-refractivity contribution in [2.45, 2.75) is 13.3 Å². The highest BCUT2D eigenvalue weighted by molar-refractivity contribution is 5.96. The topological polar surface area (TPSA) is 64.6 Å². The lowest BCUT2D eigenvalue weighted by Gasteiger charge is -2.11. The Morgan fingerprint density at radius 2 is 1.78 bits per heavy atom. The molecular formula is C18H19NO4. The van der Waals surface area contributed by atoms with Crippen LogP contribution in [-0.2, 0) is 9.53 Å². The Bertz CT molecular complexity index is 683. The maximum Gasteiger partial charge on any atom is 0.338 e. The summed E-state index contributed by atoms with van der Waals surface area (Å²) in [5.74, 6) is 0.126. The van der Waals surface area contributed by atoms with Crippen molar-refractivity contribution in [3.8, 4) is 5.75 Å². The van der Waals surface area contributed by atoms with Crippen LogP contribution in [0.5, 0.6) is 5.75 Å². The van der Waals surface area contributed by atoms with Crippen LogP contribution in [-0.4, -0.2) is 25.6 Å². The van der Waals surface area contributed by atoms with Crippen LogP contribution in [0, 0.1) is 6.92 Å². The lowest BCUT2D eigenvalue weighted by atomic mass is 10.1. The number of amides is 1. The SMILES string of the molecule is COC(=O)c1cccc(NC(=O)CCOc2ccccc2)c1C. The number of hydrogen-bond donors (Lipinski definition) is 1. The minimum atomic E-state index is -0.425. The third-order valence-electron chi connectivity index (χ3n) is 3.35. The summed E-state index contributed by atoms with van der Waals surface area (Å²) in [5, 5.41) is 2.79. The molecule has 0 aliphatic carbocycles. The van der Waals surface area contributed by atoms with E-state index >= 15 is 0 Å². The molecule has 1 N–H and O–H groups in total. The molecule has 0 spiro atoms. The predicted octanol–water partition coefficient (Wildman–Crippen LogP) is 3.19. The van der Waals surface area contributed by atoms with Crippen molar-refractivity contribution in [2.75, 3.05) is 19.0 Å². The summed E-state index contributed by atoms with van der Waals surface area (Å²) in [7, 11) is 1.33. The maximum absolute atomic E-state index is 12.0. The molecule has 2 rings (SSSR count). The minimum Gasteiger partial charge on any atom is -0.493 e. The number of anilines is 1. The number of esters is 1. The lowest BCUT2D eigenvalue weighted by molar-refractivity contribution is -0.116. The van der Waals surface area contributed by atoms with Crippen LogP contribution in [0.4, 0.5) is 5.69 Å². The zero-order valence-corrected chi connectivity index (χ0v) is 13.2. The zero-order valence-electron chi connectivity index (χ0n) is 13.2. The molecule has 0 unspecified atom stereocenters. The molecule has 0 heterocycles. The fourth-order valence-corrected chi connectivity index (χ4v) is 2.09. The Morgan fingerprint density at radius 3 is 2.48 bits per heavy atom. The Morgan fingerprint density at radius 1 is 1.04 bits per heavy atom. The first-order valence-corrected chi connectivity index (χ1v) is 7.27. The summed E-state index contributed by atoms with van der Waals surface area (Å²) in [4.78, 5) is 23.6. The molecule has 0 bridgehead atoms. The van der Waals surface area contributed by atoms with Gasteiger partial charge < -0.3 is 14.8 Å². The van der Waals surface area contributed by atoms with Gasteiger partial charge in [0.05, 0.1) is 25.7 Å². The van der Waals surface area contributed by atoms with Gasteiger partial charge in [0.15, 0.2) is 0 Å².